The van der Waals surface area contributed by atoms with E-state index in [1.165, 1.54) is 56.2 Å². The van der Waals surface area contributed by atoms with E-state index in [4.69, 9.17) is 11.6 Å². The number of hydrogen-bond donors (Lipinski definition) is 1. The Labute approximate surface area is 110 Å². The van der Waals surface area contributed by atoms with Crippen LogP contribution in [0, 0.1) is 6.92 Å². The normalized spacial score (nSPS) is 18.5. The summed E-state index contributed by atoms with van der Waals surface area (Å²) in [6.07, 6.45) is 9.52. The zero-order valence-electron chi connectivity index (χ0n) is 10.6. The quantitative estimate of drug-likeness (QED) is 0.764. The molecule has 0 bridgehead atoms. The molecule has 0 unspecified atom stereocenters. The first-order valence-corrected chi connectivity index (χ1v) is 7.17. The molecule has 1 N–H and O–H groups in total. The van der Waals surface area contributed by atoms with Gasteiger partial charge in [-0.15, -0.1) is 0 Å². The lowest BCUT2D eigenvalue weighted by Crippen LogP contribution is -2.21. The van der Waals surface area contributed by atoms with Crippen LogP contribution in [0.15, 0.2) is 18.2 Å². The summed E-state index contributed by atoms with van der Waals surface area (Å²) in [6.45, 7) is 2.09. The van der Waals surface area contributed by atoms with Crippen molar-refractivity contribution in [2.24, 2.45) is 0 Å². The lowest BCUT2D eigenvalue weighted by Gasteiger charge is -2.23. The summed E-state index contributed by atoms with van der Waals surface area (Å²) in [5.74, 6) is 0. The summed E-state index contributed by atoms with van der Waals surface area (Å²) in [6, 6.07) is 6.76. The van der Waals surface area contributed by atoms with E-state index in [0.717, 1.165) is 5.02 Å². The van der Waals surface area contributed by atoms with Crippen LogP contribution in [-0.2, 0) is 0 Å². The van der Waals surface area contributed by atoms with Crippen LogP contribution in [0.5, 0.6) is 0 Å². The van der Waals surface area contributed by atoms with E-state index >= 15 is 0 Å². The summed E-state index contributed by atoms with van der Waals surface area (Å²) in [7, 11) is 0. The fourth-order valence-corrected chi connectivity index (χ4v) is 2.76. The first kappa shape index (κ1) is 12.8. The third-order valence-corrected chi connectivity index (χ3v) is 4.14. The molecule has 0 aliphatic heterocycles. The van der Waals surface area contributed by atoms with Crippen molar-refractivity contribution >= 4 is 17.3 Å². The van der Waals surface area contributed by atoms with E-state index < -0.39 is 0 Å². The summed E-state index contributed by atoms with van der Waals surface area (Å²) >= 11 is 6.15. The molecule has 1 aliphatic rings. The van der Waals surface area contributed by atoms with Crippen LogP contribution in [0.4, 0.5) is 5.69 Å². The SMILES string of the molecule is Cc1c(Cl)cccc1NC1CCCCCCC1. The van der Waals surface area contributed by atoms with Crippen molar-refractivity contribution in [1.29, 1.82) is 0 Å². The van der Waals surface area contributed by atoms with Crippen molar-refractivity contribution in [2.45, 2.75) is 57.9 Å². The molecular weight excluding hydrogens is 230 g/mol. The van der Waals surface area contributed by atoms with Gasteiger partial charge in [0.2, 0.25) is 0 Å². The topological polar surface area (TPSA) is 12.0 Å². The van der Waals surface area contributed by atoms with Gasteiger partial charge in [-0.25, -0.2) is 0 Å². The molecule has 1 aliphatic carbocycles. The van der Waals surface area contributed by atoms with Gasteiger partial charge < -0.3 is 5.32 Å². The van der Waals surface area contributed by atoms with E-state index in [1.54, 1.807) is 0 Å². The van der Waals surface area contributed by atoms with Gasteiger partial charge in [-0.2, -0.15) is 0 Å². The smallest absolute Gasteiger partial charge is 0.0455 e. The molecule has 0 atom stereocenters. The maximum absolute atomic E-state index is 6.15. The molecule has 2 heteroatoms. The molecule has 17 heavy (non-hydrogen) atoms. The maximum Gasteiger partial charge on any atom is 0.0455 e. The molecule has 2 rings (SSSR count). The minimum atomic E-state index is 0.632. The van der Waals surface area contributed by atoms with Gasteiger partial charge in [-0.05, 0) is 37.5 Å². The van der Waals surface area contributed by atoms with Crippen LogP contribution in [0.25, 0.3) is 0 Å². The summed E-state index contributed by atoms with van der Waals surface area (Å²) in [5, 5.41) is 4.54. The van der Waals surface area contributed by atoms with Crippen LogP contribution in [0.1, 0.15) is 50.5 Å². The Morgan fingerprint density at radius 3 is 2.41 bits per heavy atom. The zero-order valence-corrected chi connectivity index (χ0v) is 11.4. The van der Waals surface area contributed by atoms with Crippen molar-refractivity contribution in [3.63, 3.8) is 0 Å². The van der Waals surface area contributed by atoms with E-state index in [0.29, 0.717) is 6.04 Å². The van der Waals surface area contributed by atoms with Crippen LogP contribution >= 0.6 is 11.6 Å². The summed E-state index contributed by atoms with van der Waals surface area (Å²) in [4.78, 5) is 0. The zero-order chi connectivity index (χ0) is 12.1. The molecule has 0 spiro atoms. The molecule has 94 valence electrons. The van der Waals surface area contributed by atoms with Crippen LogP contribution < -0.4 is 5.32 Å². The van der Waals surface area contributed by atoms with Gasteiger partial charge in [0, 0.05) is 16.8 Å². The highest BCUT2D eigenvalue weighted by Gasteiger charge is 2.12. The molecule has 0 heterocycles. The Balaban J connectivity index is 2.00. The molecule has 1 aromatic rings. The number of hydrogen-bond acceptors (Lipinski definition) is 1. The van der Waals surface area contributed by atoms with Gasteiger partial charge in [-0.3, -0.25) is 0 Å². The second-order valence-electron chi connectivity index (χ2n) is 5.10. The van der Waals surface area contributed by atoms with Crippen LogP contribution in [0.3, 0.4) is 0 Å². The Morgan fingerprint density at radius 1 is 1.06 bits per heavy atom. The molecule has 1 fully saturated rings. The molecule has 1 aromatic carbocycles. The van der Waals surface area contributed by atoms with Gasteiger partial charge in [0.05, 0.1) is 0 Å². The highest BCUT2D eigenvalue weighted by molar-refractivity contribution is 6.31. The fourth-order valence-electron chi connectivity index (χ4n) is 2.58. The van der Waals surface area contributed by atoms with E-state index in [9.17, 15) is 0 Å². The number of rotatable bonds is 2. The third-order valence-electron chi connectivity index (χ3n) is 3.73. The molecule has 1 saturated carbocycles. The highest BCUT2D eigenvalue weighted by Crippen LogP contribution is 2.26. The predicted molar refractivity (Wildman–Crippen MR) is 75.9 cm³/mol. The lowest BCUT2D eigenvalue weighted by atomic mass is 9.96. The van der Waals surface area contributed by atoms with Gasteiger partial charge in [0.25, 0.3) is 0 Å². The van der Waals surface area contributed by atoms with E-state index in [-0.39, 0.29) is 0 Å². The van der Waals surface area contributed by atoms with Crippen molar-refractivity contribution < 1.29 is 0 Å². The minimum absolute atomic E-state index is 0.632. The van der Waals surface area contributed by atoms with Gasteiger partial charge in [-0.1, -0.05) is 49.8 Å². The third kappa shape index (κ3) is 3.64. The standard InChI is InChI=1S/C15H22ClN/c1-12-14(16)10-7-11-15(12)17-13-8-5-3-2-4-6-9-13/h7,10-11,13,17H,2-6,8-9H2,1H3. The molecule has 0 saturated heterocycles. The second kappa shape index (κ2) is 6.30. The van der Waals surface area contributed by atoms with Crippen LogP contribution in [-0.4, -0.2) is 6.04 Å². The van der Waals surface area contributed by atoms with Gasteiger partial charge in [0.15, 0.2) is 0 Å². The molecule has 0 amide bonds. The summed E-state index contributed by atoms with van der Waals surface area (Å²) in [5.41, 5.74) is 2.39. The minimum Gasteiger partial charge on any atom is -0.382 e. The number of anilines is 1. The first-order chi connectivity index (χ1) is 8.27. The van der Waals surface area contributed by atoms with Crippen molar-refractivity contribution in [3.05, 3.63) is 28.8 Å². The largest absolute Gasteiger partial charge is 0.382 e. The molecule has 0 aromatic heterocycles. The molecule has 0 radical (unpaired) electrons. The lowest BCUT2D eigenvalue weighted by molar-refractivity contribution is 0.471. The Hall–Kier alpha value is -0.690. The monoisotopic (exact) mass is 251 g/mol. The average Bonchev–Trinajstić information content (AvgIpc) is 2.28. The van der Waals surface area contributed by atoms with Crippen molar-refractivity contribution in [2.75, 3.05) is 5.32 Å². The maximum atomic E-state index is 6.15. The van der Waals surface area contributed by atoms with Crippen molar-refractivity contribution in [1.82, 2.24) is 0 Å². The molecular formula is C15H22ClN. The van der Waals surface area contributed by atoms with Crippen molar-refractivity contribution in [3.8, 4) is 0 Å². The Bertz CT molecular complexity index is 354. The highest BCUT2D eigenvalue weighted by atomic mass is 35.5. The second-order valence-corrected chi connectivity index (χ2v) is 5.51. The predicted octanol–water partition coefficient (Wildman–Crippen LogP) is 5.17. The Kier molecular flexibility index (Phi) is 4.73. The van der Waals surface area contributed by atoms with Gasteiger partial charge in [0.1, 0.15) is 0 Å². The average molecular weight is 252 g/mol. The Morgan fingerprint density at radius 2 is 1.71 bits per heavy atom. The van der Waals surface area contributed by atoms with Gasteiger partial charge >= 0.3 is 0 Å². The van der Waals surface area contributed by atoms with Crippen LogP contribution in [0.2, 0.25) is 5.02 Å². The van der Waals surface area contributed by atoms with E-state index in [2.05, 4.69) is 18.3 Å². The summed E-state index contributed by atoms with van der Waals surface area (Å²) < 4.78 is 0. The van der Waals surface area contributed by atoms with E-state index in [1.807, 2.05) is 12.1 Å². The fraction of sp³-hybridized carbons (Fsp3) is 0.600. The molecule has 1 nitrogen and oxygen atoms in total. The number of nitrogens with one attached hydrogen (secondary N) is 1. The number of halogens is 1. The number of benzene rings is 1. The first-order valence-electron chi connectivity index (χ1n) is 6.79.